The quantitative estimate of drug-likeness (QED) is 0.783. The minimum Gasteiger partial charge on any atom is -0.495 e. The molecule has 1 rings (SSSR count). The molecule has 0 radical (unpaired) electrons. The molecular weight excluding hydrogens is 214 g/mol. The van der Waals surface area contributed by atoms with Crippen LogP contribution in [0.3, 0.4) is 0 Å². The fraction of sp³-hybridized carbons (Fsp3) is 0.500. The number of nitriles is 1. The average molecular weight is 233 g/mol. The van der Waals surface area contributed by atoms with Gasteiger partial charge in [-0.25, -0.2) is 0 Å². The number of benzene rings is 1. The Balaban J connectivity index is 2.77. The van der Waals surface area contributed by atoms with Gasteiger partial charge in [-0.05, 0) is 38.0 Å². The lowest BCUT2D eigenvalue weighted by Crippen LogP contribution is -2.22. The molecule has 1 aromatic rings. The van der Waals surface area contributed by atoms with Gasteiger partial charge in [-0.15, -0.1) is 0 Å². The second kappa shape index (κ2) is 5.70. The molecule has 3 heteroatoms. The van der Waals surface area contributed by atoms with Crippen molar-refractivity contribution in [1.82, 2.24) is 0 Å². The van der Waals surface area contributed by atoms with E-state index in [9.17, 15) is 0 Å². The van der Waals surface area contributed by atoms with Gasteiger partial charge in [0.25, 0.3) is 0 Å². The van der Waals surface area contributed by atoms with Crippen LogP contribution >= 0.6 is 0 Å². The normalized spacial score (nSPS) is 11.0. The maximum Gasteiger partial charge on any atom is 0.136 e. The van der Waals surface area contributed by atoms with Crippen LogP contribution in [0.2, 0.25) is 0 Å². The zero-order valence-electron chi connectivity index (χ0n) is 10.9. The zero-order chi connectivity index (χ0) is 12.9. The van der Waals surface area contributed by atoms with Gasteiger partial charge < -0.3 is 9.47 Å². The molecule has 0 spiro atoms. The second-order valence-corrected chi connectivity index (χ2v) is 4.55. The van der Waals surface area contributed by atoms with Gasteiger partial charge in [0.2, 0.25) is 0 Å². The first-order valence-electron chi connectivity index (χ1n) is 5.73. The lowest BCUT2D eigenvalue weighted by atomic mass is 10.1. The van der Waals surface area contributed by atoms with Crippen LogP contribution in [-0.2, 0) is 11.3 Å². The Hall–Kier alpha value is -1.53. The Kier molecular flexibility index (Phi) is 4.53. The van der Waals surface area contributed by atoms with E-state index in [1.165, 1.54) is 0 Å². The van der Waals surface area contributed by atoms with Crippen molar-refractivity contribution in [3.8, 4) is 11.8 Å². The number of hydrogen-bond acceptors (Lipinski definition) is 3. The summed E-state index contributed by atoms with van der Waals surface area (Å²) < 4.78 is 11.0. The molecule has 0 fully saturated rings. The molecule has 0 aromatic heterocycles. The second-order valence-electron chi connectivity index (χ2n) is 4.55. The predicted octanol–water partition coefficient (Wildman–Crippen LogP) is 3.27. The van der Waals surface area contributed by atoms with Gasteiger partial charge >= 0.3 is 0 Å². The third-order valence-electron chi connectivity index (χ3n) is 2.87. The summed E-state index contributed by atoms with van der Waals surface area (Å²) in [5, 5.41) is 8.88. The van der Waals surface area contributed by atoms with E-state index in [1.54, 1.807) is 13.2 Å². The van der Waals surface area contributed by atoms with Crippen molar-refractivity contribution in [3.63, 3.8) is 0 Å². The van der Waals surface area contributed by atoms with Crippen LogP contribution in [0, 0.1) is 11.3 Å². The Morgan fingerprint density at radius 2 is 2.06 bits per heavy atom. The molecule has 0 aliphatic heterocycles. The number of methoxy groups -OCH3 is 1. The van der Waals surface area contributed by atoms with Crippen LogP contribution in [0.1, 0.15) is 38.3 Å². The lowest BCUT2D eigenvalue weighted by Gasteiger charge is -2.23. The minimum atomic E-state index is -0.124. The van der Waals surface area contributed by atoms with E-state index in [-0.39, 0.29) is 5.60 Å². The molecule has 0 aliphatic rings. The summed E-state index contributed by atoms with van der Waals surface area (Å²) >= 11 is 0. The predicted molar refractivity (Wildman–Crippen MR) is 66.9 cm³/mol. The Morgan fingerprint density at radius 3 is 2.59 bits per heavy atom. The minimum absolute atomic E-state index is 0.124. The molecule has 3 nitrogen and oxygen atoms in total. The van der Waals surface area contributed by atoms with Gasteiger partial charge in [-0.1, -0.05) is 13.0 Å². The monoisotopic (exact) mass is 233 g/mol. The lowest BCUT2D eigenvalue weighted by molar-refractivity contribution is -0.0316. The van der Waals surface area contributed by atoms with Gasteiger partial charge in [-0.2, -0.15) is 5.26 Å². The molecule has 0 atom stereocenters. The summed E-state index contributed by atoms with van der Waals surface area (Å²) in [6.45, 7) is 6.75. The molecule has 0 heterocycles. The van der Waals surface area contributed by atoms with E-state index in [1.807, 2.05) is 12.1 Å². The smallest absolute Gasteiger partial charge is 0.136 e. The first kappa shape index (κ1) is 13.5. The standard InChI is InChI=1S/C14H19NO2/c1-5-14(2,3)17-10-11-6-7-12(9-15)13(8-11)16-4/h6-8H,5,10H2,1-4H3. The van der Waals surface area contributed by atoms with Gasteiger partial charge in [0, 0.05) is 0 Å². The summed E-state index contributed by atoms with van der Waals surface area (Å²) in [5.74, 6) is 0.600. The highest BCUT2D eigenvalue weighted by Crippen LogP contribution is 2.22. The summed E-state index contributed by atoms with van der Waals surface area (Å²) in [6.07, 6.45) is 0.959. The largest absolute Gasteiger partial charge is 0.495 e. The van der Waals surface area contributed by atoms with Gasteiger partial charge in [-0.3, -0.25) is 0 Å². The number of rotatable bonds is 5. The Labute approximate surface area is 103 Å². The molecule has 0 N–H and O–H groups in total. The van der Waals surface area contributed by atoms with Crippen LogP contribution in [0.25, 0.3) is 0 Å². The molecule has 17 heavy (non-hydrogen) atoms. The van der Waals surface area contributed by atoms with Crippen LogP contribution in [0.4, 0.5) is 0 Å². The van der Waals surface area contributed by atoms with Crippen molar-refractivity contribution >= 4 is 0 Å². The van der Waals surface area contributed by atoms with Crippen molar-refractivity contribution in [2.24, 2.45) is 0 Å². The molecule has 0 aliphatic carbocycles. The maximum absolute atomic E-state index is 8.88. The number of hydrogen-bond donors (Lipinski definition) is 0. The fourth-order valence-electron chi connectivity index (χ4n) is 1.30. The highest BCUT2D eigenvalue weighted by Gasteiger charge is 2.15. The van der Waals surface area contributed by atoms with E-state index >= 15 is 0 Å². The third-order valence-corrected chi connectivity index (χ3v) is 2.87. The van der Waals surface area contributed by atoms with Gasteiger partial charge in [0.15, 0.2) is 0 Å². The molecule has 0 bridgehead atoms. The zero-order valence-corrected chi connectivity index (χ0v) is 10.9. The van der Waals surface area contributed by atoms with Crippen LogP contribution in [0.5, 0.6) is 5.75 Å². The molecule has 1 aromatic carbocycles. The molecule has 0 saturated heterocycles. The fourth-order valence-corrected chi connectivity index (χ4v) is 1.30. The van der Waals surface area contributed by atoms with E-state index in [4.69, 9.17) is 14.7 Å². The van der Waals surface area contributed by atoms with E-state index in [0.717, 1.165) is 12.0 Å². The average Bonchev–Trinajstić information content (AvgIpc) is 2.36. The van der Waals surface area contributed by atoms with Crippen LogP contribution < -0.4 is 4.74 Å². The Bertz CT molecular complexity index is 419. The maximum atomic E-state index is 8.88. The summed E-state index contributed by atoms with van der Waals surface area (Å²) in [4.78, 5) is 0. The molecule has 0 unspecified atom stereocenters. The molecule has 0 saturated carbocycles. The molecular formula is C14H19NO2. The molecule has 92 valence electrons. The van der Waals surface area contributed by atoms with Crippen molar-refractivity contribution < 1.29 is 9.47 Å². The summed E-state index contributed by atoms with van der Waals surface area (Å²) in [6, 6.07) is 7.60. The topological polar surface area (TPSA) is 42.2 Å². The van der Waals surface area contributed by atoms with Crippen LogP contribution in [0.15, 0.2) is 18.2 Å². The number of ether oxygens (including phenoxy) is 2. The first-order valence-corrected chi connectivity index (χ1v) is 5.73. The van der Waals surface area contributed by atoms with Crippen molar-refractivity contribution in [3.05, 3.63) is 29.3 Å². The van der Waals surface area contributed by atoms with Crippen LogP contribution in [-0.4, -0.2) is 12.7 Å². The van der Waals surface area contributed by atoms with Crippen molar-refractivity contribution in [1.29, 1.82) is 5.26 Å². The van der Waals surface area contributed by atoms with E-state index in [0.29, 0.717) is 17.9 Å². The highest BCUT2D eigenvalue weighted by atomic mass is 16.5. The van der Waals surface area contributed by atoms with E-state index < -0.39 is 0 Å². The van der Waals surface area contributed by atoms with E-state index in [2.05, 4.69) is 26.8 Å². The SMILES string of the molecule is CCC(C)(C)OCc1ccc(C#N)c(OC)c1. The third kappa shape index (κ3) is 3.76. The molecule has 0 amide bonds. The summed E-state index contributed by atoms with van der Waals surface area (Å²) in [5.41, 5.74) is 1.44. The summed E-state index contributed by atoms with van der Waals surface area (Å²) in [7, 11) is 1.57. The van der Waals surface area contributed by atoms with Gasteiger partial charge in [0.05, 0.1) is 24.9 Å². The first-order chi connectivity index (χ1) is 8.02. The van der Waals surface area contributed by atoms with Crippen molar-refractivity contribution in [2.75, 3.05) is 7.11 Å². The number of nitrogens with zero attached hydrogens (tertiary/aromatic N) is 1. The van der Waals surface area contributed by atoms with Crippen molar-refractivity contribution in [2.45, 2.75) is 39.4 Å². The van der Waals surface area contributed by atoms with Gasteiger partial charge in [0.1, 0.15) is 11.8 Å². The highest BCUT2D eigenvalue weighted by molar-refractivity contribution is 5.45. The Morgan fingerprint density at radius 1 is 1.35 bits per heavy atom.